The van der Waals surface area contributed by atoms with Crippen LogP contribution in [0.5, 0.6) is 0 Å². The van der Waals surface area contributed by atoms with E-state index in [0.29, 0.717) is 30.0 Å². The maximum absolute atomic E-state index is 13.0. The minimum Gasteiger partial charge on any atom is -0.398 e. The Morgan fingerprint density at radius 3 is 2.45 bits per heavy atom. The highest BCUT2D eigenvalue weighted by Gasteiger charge is 2.31. The number of nitrogens with two attached hydrogens (primary N) is 2. The number of carbonyl (C=O) groups is 2. The number of aromatic nitrogens is 2. The number of hydrogen-bond donors (Lipinski definition) is 5. The molecule has 7 N–H and O–H groups in total. The van der Waals surface area contributed by atoms with E-state index in [4.69, 9.17) is 16.9 Å². The lowest BCUT2D eigenvalue weighted by Gasteiger charge is -2.26. The molecule has 1 fully saturated rings. The largest absolute Gasteiger partial charge is 0.416 e. The molecule has 0 spiro atoms. The quantitative estimate of drug-likeness (QED) is 0.153. The number of anilines is 3. The van der Waals surface area contributed by atoms with Crippen LogP contribution in [-0.2, 0) is 11.0 Å². The topological polar surface area (TPSA) is 163 Å². The molecule has 0 radical (unpaired) electrons. The summed E-state index contributed by atoms with van der Waals surface area (Å²) in [6.45, 7) is 2.76. The van der Waals surface area contributed by atoms with Gasteiger partial charge in [0, 0.05) is 54.1 Å². The fraction of sp³-hybridized carbons (Fsp3) is 0.382. The van der Waals surface area contributed by atoms with Gasteiger partial charge in [0.2, 0.25) is 5.91 Å². The van der Waals surface area contributed by atoms with Crippen LogP contribution in [0.3, 0.4) is 0 Å². The van der Waals surface area contributed by atoms with Crippen molar-refractivity contribution in [1.29, 1.82) is 5.41 Å². The monoisotopic (exact) mass is 650 g/mol. The molecule has 2 amide bonds. The van der Waals surface area contributed by atoms with Gasteiger partial charge < -0.3 is 27.0 Å². The zero-order valence-electron chi connectivity index (χ0n) is 26.5. The summed E-state index contributed by atoms with van der Waals surface area (Å²) in [6.07, 6.45) is 8.55. The van der Waals surface area contributed by atoms with Crippen molar-refractivity contribution in [3.05, 3.63) is 82.7 Å². The van der Waals surface area contributed by atoms with Gasteiger partial charge in [0.15, 0.2) is 0 Å². The second-order valence-electron chi connectivity index (χ2n) is 11.8. The van der Waals surface area contributed by atoms with E-state index in [2.05, 4.69) is 25.5 Å². The van der Waals surface area contributed by atoms with Crippen LogP contribution in [-0.4, -0.2) is 58.1 Å². The average Bonchev–Trinajstić information content (AvgIpc) is 3.04. The second-order valence-corrected chi connectivity index (χ2v) is 11.8. The van der Waals surface area contributed by atoms with Gasteiger partial charge in [-0.2, -0.15) is 13.2 Å². The standard InChI is InChI=1S/C34H41F3N8O2/c1-21(18-28(46)43-26-9-4-3-5-10-26)45(2)17-7-6-8-24-20-42-32(40)29(31(24)39)30(38)22-11-13-23(14-12-22)33(47)44-27-19-25(15-16-41-27)34(35,36)37/h6,8,11-16,19-21,26,38H,3-5,7,9-10,17-18H2,1-2H3,(H,43,46)(H4,39,40,42)(H,41,44,47)/b8-6+,38-30?. The van der Waals surface area contributed by atoms with Crippen LogP contribution in [0.2, 0.25) is 0 Å². The molecule has 1 aliphatic rings. The second kappa shape index (κ2) is 15.7. The van der Waals surface area contributed by atoms with E-state index in [0.717, 1.165) is 37.7 Å². The Morgan fingerprint density at radius 2 is 1.77 bits per heavy atom. The summed E-state index contributed by atoms with van der Waals surface area (Å²) in [6, 6.07) is 7.86. The minimum absolute atomic E-state index is 0.00526. The summed E-state index contributed by atoms with van der Waals surface area (Å²) < 4.78 is 39.0. The van der Waals surface area contributed by atoms with Gasteiger partial charge in [-0.15, -0.1) is 0 Å². The highest BCUT2D eigenvalue weighted by Crippen LogP contribution is 2.30. The number of alkyl halides is 3. The van der Waals surface area contributed by atoms with E-state index in [1.54, 1.807) is 0 Å². The van der Waals surface area contributed by atoms with Crippen molar-refractivity contribution in [2.24, 2.45) is 0 Å². The molecule has 1 saturated carbocycles. The number of nitrogens with one attached hydrogen (secondary N) is 3. The fourth-order valence-electron chi connectivity index (χ4n) is 5.41. The molecule has 4 rings (SSSR count). The summed E-state index contributed by atoms with van der Waals surface area (Å²) in [5, 5.41) is 14.3. The van der Waals surface area contributed by atoms with Crippen LogP contribution in [0.4, 0.5) is 30.5 Å². The van der Waals surface area contributed by atoms with Crippen molar-refractivity contribution in [1.82, 2.24) is 20.2 Å². The molecule has 2 aromatic heterocycles. The number of nitrogen functional groups attached to an aromatic ring is 2. The number of benzene rings is 1. The van der Waals surface area contributed by atoms with Gasteiger partial charge in [0.1, 0.15) is 11.6 Å². The molecule has 13 heteroatoms. The van der Waals surface area contributed by atoms with Gasteiger partial charge in [0.25, 0.3) is 5.91 Å². The predicted molar refractivity (Wildman–Crippen MR) is 178 cm³/mol. The van der Waals surface area contributed by atoms with E-state index in [1.165, 1.54) is 49.7 Å². The SMILES string of the molecule is CC(CC(=O)NC1CCCCC1)N(C)CC/C=C/c1cnc(N)c(C(=N)c2ccc(C(=O)Nc3cc(C(F)(F)F)ccn3)cc2)c1N. The van der Waals surface area contributed by atoms with Gasteiger partial charge in [0.05, 0.1) is 22.5 Å². The molecule has 0 aliphatic heterocycles. The molecule has 47 heavy (non-hydrogen) atoms. The molecule has 2 heterocycles. The number of pyridine rings is 2. The van der Waals surface area contributed by atoms with Gasteiger partial charge in [-0.3, -0.25) is 15.0 Å². The summed E-state index contributed by atoms with van der Waals surface area (Å²) in [5.74, 6) is -0.739. The van der Waals surface area contributed by atoms with E-state index in [9.17, 15) is 22.8 Å². The number of halogens is 3. The molecular formula is C34H41F3N8O2. The van der Waals surface area contributed by atoms with Crippen LogP contribution in [0.1, 0.15) is 84.5 Å². The third kappa shape index (κ3) is 9.61. The third-order valence-electron chi connectivity index (χ3n) is 8.34. The van der Waals surface area contributed by atoms with E-state index >= 15 is 0 Å². The van der Waals surface area contributed by atoms with Gasteiger partial charge in [-0.05, 0) is 57.5 Å². The van der Waals surface area contributed by atoms with Crippen LogP contribution in [0, 0.1) is 5.41 Å². The molecule has 0 bridgehead atoms. The molecular weight excluding hydrogens is 609 g/mol. The number of hydrogen-bond acceptors (Lipinski definition) is 8. The van der Waals surface area contributed by atoms with E-state index in [1.807, 2.05) is 26.1 Å². The summed E-state index contributed by atoms with van der Waals surface area (Å²) >= 11 is 0. The van der Waals surface area contributed by atoms with Crippen molar-refractivity contribution < 1.29 is 22.8 Å². The van der Waals surface area contributed by atoms with E-state index in [-0.39, 0.29) is 46.1 Å². The third-order valence-corrected chi connectivity index (χ3v) is 8.34. The van der Waals surface area contributed by atoms with Crippen molar-refractivity contribution in [2.75, 3.05) is 30.4 Å². The summed E-state index contributed by atoms with van der Waals surface area (Å²) in [4.78, 5) is 35.3. The highest BCUT2D eigenvalue weighted by molar-refractivity contribution is 6.17. The van der Waals surface area contributed by atoms with Gasteiger partial charge in [-0.25, -0.2) is 9.97 Å². The first-order chi connectivity index (χ1) is 22.3. The normalized spacial score (nSPS) is 14.7. The smallest absolute Gasteiger partial charge is 0.398 e. The Hall–Kier alpha value is -4.78. The Bertz CT molecular complexity index is 1600. The number of carbonyl (C=O) groups excluding carboxylic acids is 2. The lowest BCUT2D eigenvalue weighted by Crippen LogP contribution is -2.40. The van der Waals surface area contributed by atoms with Gasteiger partial charge in [-0.1, -0.05) is 43.5 Å². The summed E-state index contributed by atoms with van der Waals surface area (Å²) in [7, 11) is 1.99. The zero-order valence-corrected chi connectivity index (χ0v) is 26.5. The van der Waals surface area contributed by atoms with Crippen molar-refractivity contribution in [3.8, 4) is 0 Å². The number of nitrogens with zero attached hydrogens (tertiary/aromatic N) is 3. The maximum Gasteiger partial charge on any atom is 0.416 e. The first kappa shape index (κ1) is 35.1. The molecule has 1 aromatic carbocycles. The molecule has 1 atom stereocenters. The minimum atomic E-state index is -4.57. The Morgan fingerprint density at radius 1 is 1.09 bits per heavy atom. The summed E-state index contributed by atoms with van der Waals surface area (Å²) in [5.41, 5.74) is 13.3. The van der Waals surface area contributed by atoms with Crippen molar-refractivity contribution in [2.45, 2.75) is 70.1 Å². The highest BCUT2D eigenvalue weighted by atomic mass is 19.4. The van der Waals surface area contributed by atoms with Gasteiger partial charge >= 0.3 is 6.18 Å². The molecule has 250 valence electrons. The van der Waals surface area contributed by atoms with Crippen LogP contribution in [0.25, 0.3) is 6.08 Å². The number of rotatable bonds is 12. The Kier molecular flexibility index (Phi) is 11.7. The lowest BCUT2D eigenvalue weighted by atomic mass is 9.95. The predicted octanol–water partition coefficient (Wildman–Crippen LogP) is 5.89. The molecule has 10 nitrogen and oxygen atoms in total. The zero-order chi connectivity index (χ0) is 34.1. The first-order valence-electron chi connectivity index (χ1n) is 15.6. The van der Waals surface area contributed by atoms with Crippen molar-refractivity contribution in [3.63, 3.8) is 0 Å². The molecule has 1 aliphatic carbocycles. The van der Waals surface area contributed by atoms with Crippen LogP contribution >= 0.6 is 0 Å². The Labute approximate surface area is 272 Å². The first-order valence-corrected chi connectivity index (χ1v) is 15.6. The fourth-order valence-corrected chi connectivity index (χ4v) is 5.41. The molecule has 3 aromatic rings. The number of amides is 2. The molecule has 1 unspecified atom stereocenters. The molecule has 0 saturated heterocycles. The lowest BCUT2D eigenvalue weighted by molar-refractivity contribution is -0.137. The van der Waals surface area contributed by atoms with Crippen molar-refractivity contribution >= 4 is 40.9 Å². The maximum atomic E-state index is 13.0. The van der Waals surface area contributed by atoms with Crippen LogP contribution in [0.15, 0.2) is 54.9 Å². The van der Waals surface area contributed by atoms with Crippen LogP contribution < -0.4 is 22.1 Å². The Balaban J connectivity index is 1.34. The average molecular weight is 651 g/mol. The van der Waals surface area contributed by atoms with E-state index < -0.39 is 17.6 Å².